The molecule has 1 rings (SSSR count). The van der Waals surface area contributed by atoms with Gasteiger partial charge in [0.05, 0.1) is 11.5 Å². The monoisotopic (exact) mass is 214 g/mol. The summed E-state index contributed by atoms with van der Waals surface area (Å²) in [5, 5.41) is 19.9. The predicted molar refractivity (Wildman–Crippen MR) is 58.5 cm³/mol. The minimum Gasteiger partial charge on any atom is -0.481 e. The van der Waals surface area contributed by atoms with Crippen molar-refractivity contribution in [1.82, 2.24) is 0 Å². The van der Waals surface area contributed by atoms with Crippen molar-refractivity contribution in [3.63, 3.8) is 0 Å². The van der Waals surface area contributed by atoms with Gasteiger partial charge in [0.15, 0.2) is 0 Å². The van der Waals surface area contributed by atoms with Crippen LogP contribution in [0.15, 0.2) is 0 Å². The van der Waals surface area contributed by atoms with Crippen LogP contribution in [0.3, 0.4) is 0 Å². The van der Waals surface area contributed by atoms with Gasteiger partial charge in [-0.2, -0.15) is 0 Å². The van der Waals surface area contributed by atoms with Crippen LogP contribution in [-0.2, 0) is 4.79 Å². The zero-order valence-corrected chi connectivity index (χ0v) is 10.1. The van der Waals surface area contributed by atoms with E-state index < -0.39 is 17.5 Å². The van der Waals surface area contributed by atoms with Crippen LogP contribution in [0.25, 0.3) is 0 Å². The van der Waals surface area contributed by atoms with Gasteiger partial charge in [-0.05, 0) is 30.6 Å². The number of aliphatic hydroxyl groups is 1. The van der Waals surface area contributed by atoms with Crippen molar-refractivity contribution in [2.75, 3.05) is 0 Å². The standard InChI is InChI=1S/C12H22O3/c1-8(2)9(10(13)14)12(15)7-5-6-11(12,3)4/h8-9,15H,5-7H2,1-4H3,(H,13,14). The summed E-state index contributed by atoms with van der Waals surface area (Å²) in [6.07, 6.45) is 2.43. The van der Waals surface area contributed by atoms with Crippen LogP contribution < -0.4 is 0 Å². The molecule has 0 radical (unpaired) electrons. The second-order valence-electron chi connectivity index (χ2n) is 5.72. The first-order chi connectivity index (χ1) is 6.72. The lowest BCUT2D eigenvalue weighted by molar-refractivity contribution is -0.166. The zero-order chi connectivity index (χ0) is 11.9. The average molecular weight is 214 g/mol. The lowest BCUT2D eigenvalue weighted by Crippen LogP contribution is -2.51. The molecule has 3 nitrogen and oxygen atoms in total. The van der Waals surface area contributed by atoms with Crippen LogP contribution in [0.5, 0.6) is 0 Å². The molecule has 2 N–H and O–H groups in total. The van der Waals surface area contributed by atoms with Crippen LogP contribution in [0.4, 0.5) is 0 Å². The molecule has 2 unspecified atom stereocenters. The van der Waals surface area contributed by atoms with E-state index in [0.717, 1.165) is 12.8 Å². The van der Waals surface area contributed by atoms with Gasteiger partial charge in [-0.3, -0.25) is 4.79 Å². The van der Waals surface area contributed by atoms with Crippen LogP contribution in [-0.4, -0.2) is 21.8 Å². The Bertz CT molecular complexity index is 258. The van der Waals surface area contributed by atoms with E-state index in [1.54, 1.807) is 0 Å². The third-order valence-electron chi connectivity index (χ3n) is 3.98. The number of hydrogen-bond acceptors (Lipinski definition) is 2. The molecule has 88 valence electrons. The van der Waals surface area contributed by atoms with Crippen molar-refractivity contribution in [1.29, 1.82) is 0 Å². The molecule has 0 aromatic heterocycles. The van der Waals surface area contributed by atoms with E-state index in [4.69, 9.17) is 0 Å². The normalized spacial score (nSPS) is 31.9. The quantitative estimate of drug-likeness (QED) is 0.757. The van der Waals surface area contributed by atoms with Crippen molar-refractivity contribution in [2.45, 2.75) is 52.6 Å². The van der Waals surface area contributed by atoms with Crippen molar-refractivity contribution in [3.8, 4) is 0 Å². The maximum Gasteiger partial charge on any atom is 0.309 e. The highest BCUT2D eigenvalue weighted by Crippen LogP contribution is 2.51. The van der Waals surface area contributed by atoms with Crippen molar-refractivity contribution >= 4 is 5.97 Å². The maximum absolute atomic E-state index is 11.3. The molecule has 0 bridgehead atoms. The number of carboxylic acid groups (broad SMARTS) is 1. The van der Waals surface area contributed by atoms with Gasteiger partial charge in [-0.15, -0.1) is 0 Å². The summed E-state index contributed by atoms with van der Waals surface area (Å²) in [5.74, 6) is -1.57. The smallest absolute Gasteiger partial charge is 0.309 e. The maximum atomic E-state index is 11.3. The van der Waals surface area contributed by atoms with E-state index in [1.807, 2.05) is 27.7 Å². The summed E-state index contributed by atoms with van der Waals surface area (Å²) < 4.78 is 0. The van der Waals surface area contributed by atoms with Gasteiger partial charge < -0.3 is 10.2 Å². The molecule has 0 spiro atoms. The number of hydrogen-bond donors (Lipinski definition) is 2. The summed E-state index contributed by atoms with van der Waals surface area (Å²) in [5.41, 5.74) is -1.34. The molecule has 3 heteroatoms. The summed E-state index contributed by atoms with van der Waals surface area (Å²) in [6, 6.07) is 0. The summed E-state index contributed by atoms with van der Waals surface area (Å²) in [6.45, 7) is 7.67. The van der Waals surface area contributed by atoms with Crippen LogP contribution in [0, 0.1) is 17.3 Å². The van der Waals surface area contributed by atoms with Crippen LogP contribution in [0.2, 0.25) is 0 Å². The number of carboxylic acids is 1. The Morgan fingerprint density at radius 1 is 1.27 bits per heavy atom. The van der Waals surface area contributed by atoms with Gasteiger partial charge in [-0.25, -0.2) is 0 Å². The minimum absolute atomic E-state index is 0.0372. The van der Waals surface area contributed by atoms with Crippen molar-refractivity contribution in [2.24, 2.45) is 17.3 Å². The lowest BCUT2D eigenvalue weighted by Gasteiger charge is -2.42. The van der Waals surface area contributed by atoms with Gasteiger partial charge >= 0.3 is 5.97 Å². The predicted octanol–water partition coefficient (Wildman–Crippen LogP) is 2.28. The van der Waals surface area contributed by atoms with Gasteiger partial charge in [0.2, 0.25) is 0 Å². The summed E-state index contributed by atoms with van der Waals surface area (Å²) in [4.78, 5) is 11.3. The molecular weight excluding hydrogens is 192 g/mol. The first-order valence-corrected chi connectivity index (χ1v) is 5.67. The molecule has 0 aromatic rings. The molecule has 1 saturated carbocycles. The molecular formula is C12H22O3. The number of aliphatic carboxylic acids is 1. The average Bonchev–Trinajstić information content (AvgIpc) is 2.24. The first-order valence-electron chi connectivity index (χ1n) is 5.67. The highest BCUT2D eigenvalue weighted by molar-refractivity contribution is 5.72. The van der Waals surface area contributed by atoms with E-state index in [9.17, 15) is 15.0 Å². The summed E-state index contributed by atoms with van der Waals surface area (Å²) >= 11 is 0. The van der Waals surface area contributed by atoms with Gasteiger partial charge in [-0.1, -0.05) is 27.7 Å². The van der Waals surface area contributed by atoms with E-state index >= 15 is 0 Å². The first kappa shape index (κ1) is 12.5. The molecule has 1 fully saturated rings. The topological polar surface area (TPSA) is 57.5 Å². The Balaban J connectivity index is 3.06. The molecule has 15 heavy (non-hydrogen) atoms. The second kappa shape index (κ2) is 3.78. The van der Waals surface area contributed by atoms with E-state index in [1.165, 1.54) is 0 Å². The molecule has 0 amide bonds. The Morgan fingerprint density at radius 3 is 2.07 bits per heavy atom. The van der Waals surface area contributed by atoms with Crippen LogP contribution >= 0.6 is 0 Å². The third kappa shape index (κ3) is 1.89. The van der Waals surface area contributed by atoms with Gasteiger partial charge in [0, 0.05) is 0 Å². The van der Waals surface area contributed by atoms with E-state index in [2.05, 4.69) is 0 Å². The van der Waals surface area contributed by atoms with Gasteiger partial charge in [0.1, 0.15) is 0 Å². The molecule has 1 aliphatic carbocycles. The zero-order valence-electron chi connectivity index (χ0n) is 10.1. The lowest BCUT2D eigenvalue weighted by atomic mass is 9.66. The second-order valence-corrected chi connectivity index (χ2v) is 5.72. The Labute approximate surface area is 91.5 Å². The van der Waals surface area contributed by atoms with Crippen molar-refractivity contribution < 1.29 is 15.0 Å². The number of rotatable bonds is 3. The third-order valence-corrected chi connectivity index (χ3v) is 3.98. The fraction of sp³-hybridized carbons (Fsp3) is 0.917. The molecule has 1 aliphatic rings. The fourth-order valence-electron chi connectivity index (χ4n) is 2.97. The van der Waals surface area contributed by atoms with Gasteiger partial charge in [0.25, 0.3) is 0 Å². The molecule has 2 atom stereocenters. The summed E-state index contributed by atoms with van der Waals surface area (Å²) in [7, 11) is 0. The highest BCUT2D eigenvalue weighted by atomic mass is 16.4. The molecule has 0 aromatic carbocycles. The molecule has 0 aliphatic heterocycles. The molecule has 0 heterocycles. The SMILES string of the molecule is CC(C)C(C(=O)O)C1(O)CCCC1(C)C. The minimum atomic E-state index is -1.05. The Hall–Kier alpha value is -0.570. The number of carbonyl (C=O) groups is 1. The fourth-order valence-corrected chi connectivity index (χ4v) is 2.97. The Kier molecular flexibility index (Phi) is 3.15. The molecule has 0 saturated heterocycles. The van der Waals surface area contributed by atoms with E-state index in [-0.39, 0.29) is 11.3 Å². The largest absolute Gasteiger partial charge is 0.481 e. The Morgan fingerprint density at radius 2 is 1.80 bits per heavy atom. The van der Waals surface area contributed by atoms with Crippen LogP contribution in [0.1, 0.15) is 47.0 Å². The van der Waals surface area contributed by atoms with E-state index in [0.29, 0.717) is 6.42 Å². The van der Waals surface area contributed by atoms with Crippen molar-refractivity contribution in [3.05, 3.63) is 0 Å². The highest BCUT2D eigenvalue weighted by Gasteiger charge is 2.55.